The van der Waals surface area contributed by atoms with Gasteiger partial charge in [0.05, 0.1) is 6.04 Å². The van der Waals surface area contributed by atoms with E-state index in [1.165, 1.54) is 11.0 Å². The molecule has 1 aliphatic rings. The molecule has 3 atom stereocenters. The van der Waals surface area contributed by atoms with E-state index in [9.17, 15) is 24.0 Å². The number of ketones is 1. The van der Waals surface area contributed by atoms with Crippen molar-refractivity contribution in [1.82, 2.24) is 20.9 Å². The average molecular weight is 495 g/mol. The van der Waals surface area contributed by atoms with Crippen molar-refractivity contribution in [2.45, 2.75) is 97.9 Å². The highest BCUT2D eigenvalue weighted by Gasteiger charge is 2.43. The molecule has 0 radical (unpaired) electrons. The van der Waals surface area contributed by atoms with Crippen LogP contribution >= 0.6 is 0 Å². The fourth-order valence-electron chi connectivity index (χ4n) is 3.78. The molecule has 198 valence electrons. The van der Waals surface area contributed by atoms with E-state index in [1.807, 2.05) is 27.7 Å². The lowest BCUT2D eigenvalue weighted by atomic mass is 9.85. The molecule has 1 saturated heterocycles. The van der Waals surface area contributed by atoms with E-state index >= 15 is 0 Å². The Morgan fingerprint density at radius 1 is 1.09 bits per heavy atom. The predicted molar refractivity (Wildman–Crippen MR) is 132 cm³/mol. The van der Waals surface area contributed by atoms with Crippen LogP contribution < -0.4 is 16.0 Å². The number of likely N-dealkylation sites (tertiary alicyclic amines) is 1. The molecular weight excluding hydrogens is 452 g/mol. The first-order valence-electron chi connectivity index (χ1n) is 12.2. The zero-order valence-electron chi connectivity index (χ0n) is 22.2. The van der Waals surface area contributed by atoms with Crippen molar-refractivity contribution in [3.8, 4) is 0 Å². The molecule has 0 aromatic heterocycles. The van der Waals surface area contributed by atoms with Crippen molar-refractivity contribution in [2.75, 3.05) is 13.1 Å². The average Bonchev–Trinajstić information content (AvgIpc) is 3.22. The van der Waals surface area contributed by atoms with Gasteiger partial charge in [-0.3, -0.25) is 19.2 Å². The Kier molecular flexibility index (Phi) is 10.9. The Balaban J connectivity index is 3.02. The highest BCUT2D eigenvalue weighted by atomic mass is 16.6. The summed E-state index contributed by atoms with van der Waals surface area (Å²) in [5, 5.41) is 7.77. The molecule has 0 aromatic carbocycles. The summed E-state index contributed by atoms with van der Waals surface area (Å²) in [4.78, 5) is 65.2. The summed E-state index contributed by atoms with van der Waals surface area (Å²) in [7, 11) is 0. The lowest BCUT2D eigenvalue weighted by Gasteiger charge is -2.36. The van der Waals surface area contributed by atoms with E-state index in [0.717, 1.165) is 0 Å². The third kappa shape index (κ3) is 9.33. The summed E-state index contributed by atoms with van der Waals surface area (Å²) in [6.45, 7) is 16.5. The largest absolute Gasteiger partial charge is 0.444 e. The first-order chi connectivity index (χ1) is 16.1. The minimum Gasteiger partial charge on any atom is -0.444 e. The van der Waals surface area contributed by atoms with Gasteiger partial charge in [0.1, 0.15) is 17.7 Å². The number of hydrogen-bond donors (Lipinski definition) is 3. The highest BCUT2D eigenvalue weighted by molar-refractivity contribution is 6.38. The molecule has 35 heavy (non-hydrogen) atoms. The molecular formula is C25H42N4O6. The second-order valence-corrected chi connectivity index (χ2v) is 10.8. The third-order valence-corrected chi connectivity index (χ3v) is 5.45. The molecule has 10 heteroatoms. The predicted octanol–water partition coefficient (Wildman–Crippen LogP) is 2.07. The van der Waals surface area contributed by atoms with Crippen molar-refractivity contribution in [3.63, 3.8) is 0 Å². The van der Waals surface area contributed by atoms with Crippen molar-refractivity contribution < 1.29 is 28.7 Å². The van der Waals surface area contributed by atoms with Crippen molar-refractivity contribution in [3.05, 3.63) is 12.7 Å². The molecule has 0 saturated carbocycles. The molecule has 0 spiro atoms. The number of amides is 4. The van der Waals surface area contributed by atoms with Crippen LogP contribution in [0.1, 0.15) is 74.1 Å². The standard InChI is InChI=1S/C25H42N4O6/c1-9-12-16(18(30)21(32)26-14-10-2)27-20(31)17-13-11-15-29(17)22(33)19(24(3,4)5)28-23(34)35-25(6,7)8/h10,16-17,19H,2,9,11-15H2,1,3-8H3,(H,26,32)(H,27,31)(H,28,34)/t16?,17-,19?/m0/s1. The number of alkyl carbamates (subject to hydrolysis) is 1. The summed E-state index contributed by atoms with van der Waals surface area (Å²) < 4.78 is 5.33. The second kappa shape index (κ2) is 12.7. The van der Waals surface area contributed by atoms with Gasteiger partial charge in [-0.05, 0) is 45.4 Å². The van der Waals surface area contributed by atoms with Crippen LogP contribution in [0.4, 0.5) is 4.79 Å². The minimum atomic E-state index is -0.992. The summed E-state index contributed by atoms with van der Waals surface area (Å²) >= 11 is 0. The van der Waals surface area contributed by atoms with Crippen LogP contribution in [0.25, 0.3) is 0 Å². The van der Waals surface area contributed by atoms with Gasteiger partial charge < -0.3 is 25.6 Å². The Bertz CT molecular complexity index is 812. The zero-order valence-corrected chi connectivity index (χ0v) is 22.2. The van der Waals surface area contributed by atoms with Crippen LogP contribution in [0.2, 0.25) is 0 Å². The second-order valence-electron chi connectivity index (χ2n) is 10.8. The fourth-order valence-corrected chi connectivity index (χ4v) is 3.78. The normalized spacial score (nSPS) is 17.7. The van der Waals surface area contributed by atoms with Gasteiger partial charge in [-0.2, -0.15) is 0 Å². The number of ether oxygens (including phenoxy) is 1. The van der Waals surface area contributed by atoms with Crippen LogP contribution in [0, 0.1) is 5.41 Å². The van der Waals surface area contributed by atoms with Gasteiger partial charge in [0.25, 0.3) is 5.91 Å². The van der Waals surface area contributed by atoms with Crippen LogP contribution in [-0.2, 0) is 23.9 Å². The maximum atomic E-state index is 13.5. The van der Waals surface area contributed by atoms with Crippen LogP contribution in [0.15, 0.2) is 12.7 Å². The molecule has 10 nitrogen and oxygen atoms in total. The van der Waals surface area contributed by atoms with Gasteiger partial charge in [0.15, 0.2) is 0 Å². The zero-order chi connectivity index (χ0) is 27.0. The number of Topliss-reactive ketones (excluding diaryl/α,β-unsaturated/α-hetero) is 1. The van der Waals surface area contributed by atoms with E-state index < -0.39 is 58.7 Å². The van der Waals surface area contributed by atoms with Gasteiger partial charge in [0, 0.05) is 13.1 Å². The number of hydrogen-bond acceptors (Lipinski definition) is 6. The molecule has 4 amide bonds. The Morgan fingerprint density at radius 3 is 2.23 bits per heavy atom. The quantitative estimate of drug-likeness (QED) is 0.314. The van der Waals surface area contributed by atoms with E-state index in [1.54, 1.807) is 20.8 Å². The van der Waals surface area contributed by atoms with Gasteiger partial charge in [-0.1, -0.05) is 40.2 Å². The summed E-state index contributed by atoms with van der Waals surface area (Å²) in [6.07, 6.45) is 2.61. The Labute approximate surface area is 208 Å². The molecule has 1 heterocycles. The van der Waals surface area contributed by atoms with Gasteiger partial charge in [-0.15, -0.1) is 6.58 Å². The summed E-state index contributed by atoms with van der Waals surface area (Å²) in [5.41, 5.74) is -1.38. The molecule has 1 fully saturated rings. The van der Waals surface area contributed by atoms with Crippen molar-refractivity contribution in [1.29, 1.82) is 0 Å². The molecule has 0 aliphatic carbocycles. The minimum absolute atomic E-state index is 0.140. The van der Waals surface area contributed by atoms with Crippen molar-refractivity contribution >= 4 is 29.6 Å². The van der Waals surface area contributed by atoms with Crippen LogP contribution in [-0.4, -0.2) is 71.3 Å². The Hall–Kier alpha value is -2.91. The summed E-state index contributed by atoms with van der Waals surface area (Å²) in [5.74, 6) is -2.43. The smallest absolute Gasteiger partial charge is 0.408 e. The lowest BCUT2D eigenvalue weighted by Crippen LogP contribution is -2.59. The molecule has 0 aromatic rings. The molecule has 3 N–H and O–H groups in total. The van der Waals surface area contributed by atoms with E-state index in [0.29, 0.717) is 25.8 Å². The maximum absolute atomic E-state index is 13.5. The fraction of sp³-hybridized carbons (Fsp3) is 0.720. The molecule has 1 aliphatic heterocycles. The molecule has 1 rings (SSSR count). The highest BCUT2D eigenvalue weighted by Crippen LogP contribution is 2.26. The van der Waals surface area contributed by atoms with Gasteiger partial charge >= 0.3 is 6.09 Å². The number of carbonyl (C=O) groups excluding carboxylic acids is 5. The van der Waals surface area contributed by atoms with Crippen LogP contribution in [0.5, 0.6) is 0 Å². The van der Waals surface area contributed by atoms with E-state index in [4.69, 9.17) is 4.74 Å². The number of nitrogens with one attached hydrogen (secondary N) is 3. The lowest BCUT2D eigenvalue weighted by molar-refractivity contribution is -0.144. The number of carbonyl (C=O) groups is 5. The Morgan fingerprint density at radius 2 is 1.71 bits per heavy atom. The molecule has 0 bridgehead atoms. The third-order valence-electron chi connectivity index (χ3n) is 5.45. The van der Waals surface area contributed by atoms with E-state index in [2.05, 4.69) is 22.5 Å². The summed E-state index contributed by atoms with van der Waals surface area (Å²) in [6, 6.07) is -2.73. The number of rotatable bonds is 10. The molecule has 2 unspecified atom stereocenters. The van der Waals surface area contributed by atoms with Gasteiger partial charge in [-0.25, -0.2) is 4.79 Å². The topological polar surface area (TPSA) is 134 Å². The van der Waals surface area contributed by atoms with Gasteiger partial charge in [0.2, 0.25) is 17.6 Å². The van der Waals surface area contributed by atoms with Crippen LogP contribution in [0.3, 0.4) is 0 Å². The number of nitrogens with zero attached hydrogens (tertiary/aromatic N) is 1. The van der Waals surface area contributed by atoms with Crippen molar-refractivity contribution in [2.24, 2.45) is 5.41 Å². The van der Waals surface area contributed by atoms with E-state index in [-0.39, 0.29) is 13.0 Å². The monoisotopic (exact) mass is 494 g/mol. The first kappa shape index (κ1) is 30.1. The SMILES string of the molecule is C=CCNC(=O)C(=O)C(CCC)NC(=O)[C@@H]1CCCN1C(=O)C(NC(=O)OC(C)(C)C)C(C)(C)C. The maximum Gasteiger partial charge on any atom is 0.408 e. The first-order valence-corrected chi connectivity index (χ1v) is 12.2.